The molecule has 0 spiro atoms. The van der Waals surface area contributed by atoms with Crippen molar-refractivity contribution in [2.24, 2.45) is 0 Å². The smallest absolute Gasteiger partial charge is 0.319 e. The molecule has 0 aromatic heterocycles. The van der Waals surface area contributed by atoms with Crippen LogP contribution in [0.3, 0.4) is 0 Å². The van der Waals surface area contributed by atoms with Crippen molar-refractivity contribution in [3.05, 3.63) is 41.5 Å². The number of hydrogen-bond donors (Lipinski definition) is 3. The van der Waals surface area contributed by atoms with Crippen LogP contribution in [-0.2, 0) is 19.0 Å². The Morgan fingerprint density at radius 3 is 2.48 bits per heavy atom. The summed E-state index contributed by atoms with van der Waals surface area (Å²) in [4.78, 5) is 0.00655. The number of benzene rings is 1. The van der Waals surface area contributed by atoms with Crippen molar-refractivity contribution in [2.75, 3.05) is 6.61 Å². The summed E-state index contributed by atoms with van der Waals surface area (Å²) in [6.07, 6.45) is -2.27. The molecule has 1 aromatic carbocycles. The van der Waals surface area contributed by atoms with E-state index >= 15 is 0 Å². The summed E-state index contributed by atoms with van der Waals surface area (Å²) in [7, 11) is -3.95. The summed E-state index contributed by atoms with van der Waals surface area (Å²) in [5.74, 6) is -1.50. The van der Waals surface area contributed by atoms with Gasteiger partial charge in [-0.05, 0) is 19.1 Å². The molecule has 8 heteroatoms. The molecular weight excluding hydrogens is 300 g/mol. The SMILES string of the molecule is Cc1ccc(S(=O)(=O)OC[C@@H]2C[C@H](O)C(O)=C(O)O2)cc1. The van der Waals surface area contributed by atoms with Gasteiger partial charge in [-0.2, -0.15) is 8.42 Å². The average molecular weight is 316 g/mol. The number of ether oxygens (including phenoxy) is 1. The summed E-state index contributed by atoms with van der Waals surface area (Å²) in [6.45, 7) is 1.45. The summed E-state index contributed by atoms with van der Waals surface area (Å²) in [6, 6.07) is 6.13. The normalized spacial score (nSPS) is 23.0. The second-order valence-corrected chi connectivity index (χ2v) is 6.35. The van der Waals surface area contributed by atoms with Crippen LogP contribution in [0.25, 0.3) is 0 Å². The zero-order valence-corrected chi connectivity index (χ0v) is 12.1. The number of aliphatic hydroxyl groups excluding tert-OH is 3. The van der Waals surface area contributed by atoms with Crippen LogP contribution in [0.15, 0.2) is 40.9 Å². The summed E-state index contributed by atoms with van der Waals surface area (Å²) < 4.78 is 33.6. The highest BCUT2D eigenvalue weighted by Gasteiger charge is 2.31. The summed E-state index contributed by atoms with van der Waals surface area (Å²) >= 11 is 0. The number of aryl methyl sites for hydroxylation is 1. The minimum atomic E-state index is -3.95. The highest BCUT2D eigenvalue weighted by atomic mass is 32.2. The van der Waals surface area contributed by atoms with Crippen molar-refractivity contribution in [1.29, 1.82) is 0 Å². The van der Waals surface area contributed by atoms with E-state index in [1.54, 1.807) is 12.1 Å². The lowest BCUT2D eigenvalue weighted by molar-refractivity contribution is -0.0599. The number of aliphatic hydroxyl groups is 3. The maximum Gasteiger partial charge on any atom is 0.319 e. The van der Waals surface area contributed by atoms with E-state index < -0.39 is 34.0 Å². The zero-order chi connectivity index (χ0) is 15.6. The van der Waals surface area contributed by atoms with Gasteiger partial charge < -0.3 is 20.1 Å². The molecule has 3 N–H and O–H groups in total. The third kappa shape index (κ3) is 3.66. The number of rotatable bonds is 4. The van der Waals surface area contributed by atoms with Crippen LogP contribution in [-0.4, -0.2) is 42.6 Å². The van der Waals surface area contributed by atoms with Crippen molar-refractivity contribution in [3.8, 4) is 0 Å². The van der Waals surface area contributed by atoms with Gasteiger partial charge in [0.15, 0.2) is 0 Å². The van der Waals surface area contributed by atoms with Gasteiger partial charge in [0.05, 0.1) is 4.90 Å². The van der Waals surface area contributed by atoms with Gasteiger partial charge in [0.25, 0.3) is 10.1 Å². The summed E-state index contributed by atoms with van der Waals surface area (Å²) in [5.41, 5.74) is 0.915. The van der Waals surface area contributed by atoms with E-state index in [9.17, 15) is 23.7 Å². The van der Waals surface area contributed by atoms with Gasteiger partial charge in [-0.3, -0.25) is 4.18 Å². The fourth-order valence-electron chi connectivity index (χ4n) is 1.81. The van der Waals surface area contributed by atoms with Crippen LogP contribution >= 0.6 is 0 Å². The van der Waals surface area contributed by atoms with Crippen molar-refractivity contribution in [3.63, 3.8) is 0 Å². The first-order valence-corrected chi connectivity index (χ1v) is 7.63. The Morgan fingerprint density at radius 2 is 1.90 bits per heavy atom. The molecule has 0 fully saturated rings. The lowest BCUT2D eigenvalue weighted by Crippen LogP contribution is -2.33. The topological polar surface area (TPSA) is 113 Å². The van der Waals surface area contributed by atoms with Crippen molar-refractivity contribution in [2.45, 2.75) is 30.4 Å². The van der Waals surface area contributed by atoms with E-state index in [0.717, 1.165) is 5.56 Å². The first-order valence-electron chi connectivity index (χ1n) is 6.22. The zero-order valence-electron chi connectivity index (χ0n) is 11.3. The van der Waals surface area contributed by atoms with Crippen molar-refractivity contribution in [1.82, 2.24) is 0 Å². The molecule has 0 saturated heterocycles. The standard InChI is InChI=1S/C13H16O7S/c1-8-2-4-10(5-3-8)21(17,18)19-7-9-6-11(14)12(15)13(16)20-9/h2-5,9,11,14-16H,6-7H2,1H3/t9-,11-/m0/s1. The Hall–Kier alpha value is -1.77. The highest BCUT2D eigenvalue weighted by molar-refractivity contribution is 7.86. The molecule has 0 aliphatic carbocycles. The van der Waals surface area contributed by atoms with Crippen LogP contribution in [0.5, 0.6) is 0 Å². The van der Waals surface area contributed by atoms with Crippen molar-refractivity contribution < 1.29 is 32.7 Å². The third-order valence-corrected chi connectivity index (χ3v) is 4.31. The molecule has 2 atom stereocenters. The lowest BCUT2D eigenvalue weighted by atomic mass is 10.1. The van der Waals surface area contributed by atoms with E-state index in [0.29, 0.717) is 0 Å². The molecule has 116 valence electrons. The van der Waals surface area contributed by atoms with E-state index in [-0.39, 0.29) is 17.9 Å². The minimum Gasteiger partial charge on any atom is -0.504 e. The predicted octanol–water partition coefficient (Wildman–Crippen LogP) is 1.14. The van der Waals surface area contributed by atoms with Crippen LogP contribution in [0, 0.1) is 6.92 Å². The first kappa shape index (κ1) is 15.6. The van der Waals surface area contributed by atoms with Gasteiger partial charge in [-0.1, -0.05) is 17.7 Å². The molecule has 0 amide bonds. The van der Waals surface area contributed by atoms with Crippen LogP contribution in [0.4, 0.5) is 0 Å². The quantitative estimate of drug-likeness (QED) is 0.714. The van der Waals surface area contributed by atoms with Crippen LogP contribution in [0.1, 0.15) is 12.0 Å². The highest BCUT2D eigenvalue weighted by Crippen LogP contribution is 2.22. The second kappa shape index (κ2) is 5.92. The molecule has 1 heterocycles. The molecule has 7 nitrogen and oxygen atoms in total. The molecule has 2 rings (SSSR count). The van der Waals surface area contributed by atoms with Gasteiger partial charge in [0.1, 0.15) is 18.8 Å². The molecule has 0 radical (unpaired) electrons. The Kier molecular flexibility index (Phi) is 4.40. The molecule has 1 aliphatic heterocycles. The van der Waals surface area contributed by atoms with E-state index in [2.05, 4.69) is 0 Å². The Bertz CT molecular complexity index is 633. The molecule has 1 aliphatic rings. The van der Waals surface area contributed by atoms with E-state index in [1.807, 2.05) is 6.92 Å². The van der Waals surface area contributed by atoms with Gasteiger partial charge in [0, 0.05) is 6.42 Å². The largest absolute Gasteiger partial charge is 0.504 e. The molecular formula is C13H16O7S. The van der Waals surface area contributed by atoms with E-state index in [1.165, 1.54) is 12.1 Å². The number of hydrogen-bond acceptors (Lipinski definition) is 7. The van der Waals surface area contributed by atoms with Gasteiger partial charge >= 0.3 is 5.95 Å². The third-order valence-electron chi connectivity index (χ3n) is 3.02. The van der Waals surface area contributed by atoms with Crippen LogP contribution < -0.4 is 0 Å². The second-order valence-electron chi connectivity index (χ2n) is 4.73. The lowest BCUT2D eigenvalue weighted by Gasteiger charge is -2.25. The van der Waals surface area contributed by atoms with Crippen LogP contribution in [0.2, 0.25) is 0 Å². The maximum atomic E-state index is 11.9. The molecule has 0 saturated carbocycles. The Balaban J connectivity index is 2.01. The molecule has 0 bridgehead atoms. The Labute approximate surface area is 122 Å². The van der Waals surface area contributed by atoms with Crippen molar-refractivity contribution >= 4 is 10.1 Å². The minimum absolute atomic E-state index is 0.00655. The average Bonchev–Trinajstić information content (AvgIpc) is 2.43. The Morgan fingerprint density at radius 1 is 1.29 bits per heavy atom. The monoisotopic (exact) mass is 316 g/mol. The maximum absolute atomic E-state index is 11.9. The fourth-order valence-corrected chi connectivity index (χ4v) is 2.75. The molecule has 1 aromatic rings. The first-order chi connectivity index (χ1) is 9.79. The summed E-state index contributed by atoms with van der Waals surface area (Å²) in [5, 5.41) is 27.9. The predicted molar refractivity (Wildman–Crippen MR) is 72.1 cm³/mol. The van der Waals surface area contributed by atoms with Gasteiger partial charge in [0.2, 0.25) is 5.76 Å². The molecule has 0 unspecified atom stereocenters. The van der Waals surface area contributed by atoms with E-state index in [4.69, 9.17) is 8.92 Å². The fraction of sp³-hybridized carbons (Fsp3) is 0.385. The van der Waals surface area contributed by atoms with Gasteiger partial charge in [-0.15, -0.1) is 0 Å². The molecule has 21 heavy (non-hydrogen) atoms. The van der Waals surface area contributed by atoms with Gasteiger partial charge in [-0.25, -0.2) is 0 Å².